The molecule has 120 valence electrons. The van der Waals surface area contributed by atoms with Crippen LogP contribution in [0, 0.1) is 5.92 Å². The van der Waals surface area contributed by atoms with Gasteiger partial charge in [-0.15, -0.1) is 0 Å². The zero-order valence-corrected chi connectivity index (χ0v) is 14.4. The third-order valence-corrected chi connectivity index (χ3v) is 4.87. The van der Waals surface area contributed by atoms with E-state index in [1.807, 2.05) is 11.8 Å². The van der Waals surface area contributed by atoms with Crippen LogP contribution >= 0.6 is 11.8 Å². The molecule has 1 N–H and O–H groups in total. The first-order valence-corrected chi connectivity index (χ1v) is 9.09. The first-order valence-electron chi connectivity index (χ1n) is 7.94. The molecule has 1 aromatic heterocycles. The van der Waals surface area contributed by atoms with E-state index in [0.717, 1.165) is 43.4 Å². The SMILES string of the molecule is CCNC(Cc1nc(C2CSCCN2C)no1)CC(C)C. The van der Waals surface area contributed by atoms with Crippen molar-refractivity contribution in [3.63, 3.8) is 0 Å². The molecule has 21 heavy (non-hydrogen) atoms. The van der Waals surface area contributed by atoms with Crippen LogP contribution in [-0.4, -0.2) is 52.7 Å². The maximum Gasteiger partial charge on any atom is 0.228 e. The van der Waals surface area contributed by atoms with E-state index in [2.05, 4.69) is 48.2 Å². The van der Waals surface area contributed by atoms with E-state index in [1.165, 1.54) is 5.75 Å². The van der Waals surface area contributed by atoms with E-state index < -0.39 is 0 Å². The molecule has 1 saturated heterocycles. The van der Waals surface area contributed by atoms with Crippen molar-refractivity contribution in [2.45, 2.75) is 45.7 Å². The van der Waals surface area contributed by atoms with Crippen molar-refractivity contribution >= 4 is 11.8 Å². The number of rotatable bonds is 7. The second kappa shape index (κ2) is 8.15. The molecule has 1 aliphatic heterocycles. The van der Waals surface area contributed by atoms with Crippen molar-refractivity contribution in [1.82, 2.24) is 20.4 Å². The Morgan fingerprint density at radius 1 is 1.48 bits per heavy atom. The Morgan fingerprint density at radius 3 is 2.95 bits per heavy atom. The molecule has 1 aromatic rings. The van der Waals surface area contributed by atoms with Gasteiger partial charge in [-0.1, -0.05) is 25.9 Å². The highest BCUT2D eigenvalue weighted by Crippen LogP contribution is 2.26. The molecule has 0 aromatic carbocycles. The molecule has 0 aliphatic carbocycles. The molecule has 2 atom stereocenters. The van der Waals surface area contributed by atoms with E-state index in [-0.39, 0.29) is 0 Å². The number of hydrogen-bond donors (Lipinski definition) is 1. The van der Waals surface area contributed by atoms with E-state index in [1.54, 1.807) is 0 Å². The summed E-state index contributed by atoms with van der Waals surface area (Å²) in [5.74, 6) is 4.52. The van der Waals surface area contributed by atoms with Crippen molar-refractivity contribution in [2.75, 3.05) is 31.6 Å². The maximum atomic E-state index is 5.49. The Bertz CT molecular complexity index is 424. The fourth-order valence-electron chi connectivity index (χ4n) is 2.75. The molecule has 0 amide bonds. The third-order valence-electron chi connectivity index (χ3n) is 3.85. The lowest BCUT2D eigenvalue weighted by Gasteiger charge is -2.29. The average Bonchev–Trinajstić information content (AvgIpc) is 2.87. The second-order valence-corrected chi connectivity index (χ2v) is 7.36. The molecular formula is C15H28N4OS. The highest BCUT2D eigenvalue weighted by molar-refractivity contribution is 7.99. The third kappa shape index (κ3) is 4.97. The van der Waals surface area contributed by atoms with E-state index >= 15 is 0 Å². The Morgan fingerprint density at radius 2 is 2.29 bits per heavy atom. The molecule has 5 nitrogen and oxygen atoms in total. The minimum absolute atomic E-state index is 0.295. The van der Waals surface area contributed by atoms with Crippen LogP contribution in [0.1, 0.15) is 44.9 Å². The molecule has 2 unspecified atom stereocenters. The lowest BCUT2D eigenvalue weighted by molar-refractivity contribution is 0.256. The standard InChI is InChI=1S/C15H28N4OS/c1-5-16-12(8-11(2)3)9-14-17-15(18-20-14)13-10-21-7-6-19(13)4/h11-13,16H,5-10H2,1-4H3. The van der Waals surface area contributed by atoms with E-state index in [0.29, 0.717) is 18.0 Å². The van der Waals surface area contributed by atoms with Crippen LogP contribution in [-0.2, 0) is 6.42 Å². The zero-order chi connectivity index (χ0) is 15.2. The summed E-state index contributed by atoms with van der Waals surface area (Å²) in [7, 11) is 2.14. The highest BCUT2D eigenvalue weighted by Gasteiger charge is 2.26. The fourth-order valence-corrected chi connectivity index (χ4v) is 3.96. The monoisotopic (exact) mass is 312 g/mol. The van der Waals surface area contributed by atoms with Crippen LogP contribution in [0.25, 0.3) is 0 Å². The molecule has 2 rings (SSSR count). The van der Waals surface area contributed by atoms with Gasteiger partial charge in [-0.3, -0.25) is 4.90 Å². The van der Waals surface area contributed by atoms with Gasteiger partial charge in [-0.25, -0.2) is 0 Å². The number of nitrogens with one attached hydrogen (secondary N) is 1. The molecule has 2 heterocycles. The highest BCUT2D eigenvalue weighted by atomic mass is 32.2. The summed E-state index contributed by atoms with van der Waals surface area (Å²) in [5, 5.41) is 7.73. The molecule has 0 radical (unpaired) electrons. The number of thioether (sulfide) groups is 1. The van der Waals surface area contributed by atoms with Crippen LogP contribution in [0.5, 0.6) is 0 Å². The summed E-state index contributed by atoms with van der Waals surface area (Å²) in [5.41, 5.74) is 0. The van der Waals surface area contributed by atoms with Gasteiger partial charge in [0, 0.05) is 30.5 Å². The van der Waals surface area contributed by atoms with Crippen LogP contribution in [0.3, 0.4) is 0 Å². The first-order chi connectivity index (χ1) is 10.1. The van der Waals surface area contributed by atoms with Crippen molar-refractivity contribution in [2.24, 2.45) is 5.92 Å². The summed E-state index contributed by atoms with van der Waals surface area (Å²) in [6, 6.07) is 0.714. The Kier molecular flexibility index (Phi) is 6.51. The van der Waals surface area contributed by atoms with Gasteiger partial charge in [-0.05, 0) is 25.9 Å². The Balaban J connectivity index is 1.97. The van der Waals surface area contributed by atoms with Gasteiger partial charge in [0.05, 0.1) is 6.04 Å². The number of likely N-dealkylation sites (N-methyl/N-ethyl adjacent to an activating group) is 1. The lowest BCUT2D eigenvalue weighted by Crippen LogP contribution is -2.33. The summed E-state index contributed by atoms with van der Waals surface area (Å²) in [6.07, 6.45) is 1.95. The zero-order valence-electron chi connectivity index (χ0n) is 13.6. The fraction of sp³-hybridized carbons (Fsp3) is 0.867. The van der Waals surface area contributed by atoms with Crippen molar-refractivity contribution in [1.29, 1.82) is 0 Å². The minimum atomic E-state index is 0.295. The first kappa shape index (κ1) is 16.8. The summed E-state index contributed by atoms with van der Waals surface area (Å²) < 4.78 is 5.49. The minimum Gasteiger partial charge on any atom is -0.339 e. The van der Waals surface area contributed by atoms with Crippen LogP contribution in [0.15, 0.2) is 4.52 Å². The number of hydrogen-bond acceptors (Lipinski definition) is 6. The summed E-state index contributed by atoms with van der Waals surface area (Å²) in [6.45, 7) is 8.70. The normalized spacial score (nSPS) is 21.9. The molecule has 1 aliphatic rings. The summed E-state index contributed by atoms with van der Waals surface area (Å²) in [4.78, 5) is 6.96. The summed E-state index contributed by atoms with van der Waals surface area (Å²) >= 11 is 1.97. The average molecular weight is 312 g/mol. The van der Waals surface area contributed by atoms with Crippen LogP contribution in [0.2, 0.25) is 0 Å². The molecule has 0 spiro atoms. The Hall–Kier alpha value is -0.590. The predicted octanol–water partition coefficient (Wildman–Crippen LogP) is 2.36. The molecule has 1 fully saturated rings. The van der Waals surface area contributed by atoms with Gasteiger partial charge in [0.2, 0.25) is 5.89 Å². The number of nitrogens with zero attached hydrogens (tertiary/aromatic N) is 3. The van der Waals surface area contributed by atoms with Gasteiger partial charge < -0.3 is 9.84 Å². The number of aromatic nitrogens is 2. The Labute approximate surface area is 132 Å². The quantitative estimate of drug-likeness (QED) is 0.834. The van der Waals surface area contributed by atoms with Gasteiger partial charge in [0.25, 0.3) is 0 Å². The maximum absolute atomic E-state index is 5.49. The van der Waals surface area contributed by atoms with Crippen molar-refractivity contribution in [3.8, 4) is 0 Å². The molecule has 0 bridgehead atoms. The largest absolute Gasteiger partial charge is 0.339 e. The van der Waals surface area contributed by atoms with Crippen LogP contribution < -0.4 is 5.32 Å². The topological polar surface area (TPSA) is 54.2 Å². The van der Waals surface area contributed by atoms with Gasteiger partial charge >= 0.3 is 0 Å². The molecule has 0 saturated carbocycles. The second-order valence-electron chi connectivity index (χ2n) is 6.21. The van der Waals surface area contributed by atoms with Crippen molar-refractivity contribution < 1.29 is 4.52 Å². The predicted molar refractivity (Wildman–Crippen MR) is 87.6 cm³/mol. The van der Waals surface area contributed by atoms with E-state index in [9.17, 15) is 0 Å². The smallest absolute Gasteiger partial charge is 0.228 e. The lowest BCUT2D eigenvalue weighted by atomic mass is 10.0. The van der Waals surface area contributed by atoms with E-state index in [4.69, 9.17) is 4.52 Å². The van der Waals surface area contributed by atoms with Crippen molar-refractivity contribution in [3.05, 3.63) is 11.7 Å². The molecular weight excluding hydrogens is 284 g/mol. The van der Waals surface area contributed by atoms with Crippen LogP contribution in [0.4, 0.5) is 0 Å². The van der Waals surface area contributed by atoms with Gasteiger partial charge in [-0.2, -0.15) is 16.7 Å². The molecule has 6 heteroatoms. The van der Waals surface area contributed by atoms with Gasteiger partial charge in [0.1, 0.15) is 0 Å². The van der Waals surface area contributed by atoms with Gasteiger partial charge in [0.15, 0.2) is 5.82 Å².